The summed E-state index contributed by atoms with van der Waals surface area (Å²) in [6.45, 7) is 0. The van der Waals surface area contributed by atoms with Crippen LogP contribution in [0.5, 0.6) is 0 Å². The Morgan fingerprint density at radius 3 is 2.72 bits per heavy atom. The van der Waals surface area contributed by atoms with Gasteiger partial charge in [0.25, 0.3) is 5.91 Å². The number of fused-ring (bicyclic) bond motifs is 1. The molecule has 0 aliphatic carbocycles. The maximum atomic E-state index is 12.7. The lowest BCUT2D eigenvalue weighted by molar-refractivity contribution is -0.122. The van der Waals surface area contributed by atoms with Crippen LogP contribution in [0.1, 0.15) is 31.1 Å². The Bertz CT molecular complexity index is 1120. The summed E-state index contributed by atoms with van der Waals surface area (Å²) in [5.74, 6) is 0.958. The first-order valence-corrected chi connectivity index (χ1v) is 11.8. The lowest BCUT2D eigenvalue weighted by Gasteiger charge is -2.17. The van der Waals surface area contributed by atoms with Gasteiger partial charge in [-0.2, -0.15) is 11.8 Å². The van der Waals surface area contributed by atoms with Crippen molar-refractivity contribution < 1.29 is 14.4 Å². The smallest absolute Gasteiger partial charge is 0.329 e. The van der Waals surface area contributed by atoms with Gasteiger partial charge in [-0.25, -0.2) is 9.69 Å². The molecular formula is C22H24N6O3S. The van der Waals surface area contributed by atoms with Gasteiger partial charge in [0.2, 0.25) is 5.91 Å². The quantitative estimate of drug-likeness (QED) is 0.483. The molecule has 32 heavy (non-hydrogen) atoms. The largest absolute Gasteiger partial charge is 0.346 e. The first-order valence-electron chi connectivity index (χ1n) is 10.4. The van der Waals surface area contributed by atoms with Gasteiger partial charge in [0.1, 0.15) is 6.04 Å². The molecule has 0 unspecified atom stereocenters. The fraction of sp³-hybridized carbons (Fsp3) is 0.318. The number of urea groups is 1. The number of rotatable bonds is 9. The van der Waals surface area contributed by atoms with Crippen LogP contribution in [0.4, 0.5) is 10.5 Å². The van der Waals surface area contributed by atoms with Gasteiger partial charge in [0, 0.05) is 12.6 Å². The topological polar surface area (TPSA) is 109 Å². The van der Waals surface area contributed by atoms with E-state index in [9.17, 15) is 14.4 Å². The van der Waals surface area contributed by atoms with E-state index in [1.165, 1.54) is 0 Å². The first-order chi connectivity index (χ1) is 15.6. The Kier molecular flexibility index (Phi) is 6.69. The molecule has 3 heterocycles. The summed E-state index contributed by atoms with van der Waals surface area (Å²) in [5, 5.41) is 14.2. The van der Waals surface area contributed by atoms with E-state index < -0.39 is 12.1 Å². The molecule has 0 spiro atoms. The number of hydrogen-bond acceptors (Lipinski definition) is 6. The molecule has 4 amide bonds. The summed E-state index contributed by atoms with van der Waals surface area (Å²) >= 11 is 1.69. The molecule has 1 fully saturated rings. The van der Waals surface area contributed by atoms with Gasteiger partial charge in [-0.15, -0.1) is 10.2 Å². The van der Waals surface area contributed by atoms with E-state index in [2.05, 4.69) is 20.8 Å². The molecule has 166 valence electrons. The number of imide groups is 1. The van der Waals surface area contributed by atoms with Gasteiger partial charge >= 0.3 is 6.03 Å². The number of nitrogens with one attached hydrogen (secondary N) is 2. The number of amides is 4. The van der Waals surface area contributed by atoms with Gasteiger partial charge in [-0.1, -0.05) is 24.3 Å². The van der Waals surface area contributed by atoms with Crippen LogP contribution in [0.25, 0.3) is 5.65 Å². The Balaban J connectivity index is 1.39. The highest BCUT2D eigenvalue weighted by molar-refractivity contribution is 7.98. The zero-order chi connectivity index (χ0) is 22.5. The summed E-state index contributed by atoms with van der Waals surface area (Å²) in [5.41, 5.74) is 1.23. The van der Waals surface area contributed by atoms with Crippen molar-refractivity contribution in [1.29, 1.82) is 0 Å². The highest BCUT2D eigenvalue weighted by atomic mass is 32.2. The second-order valence-electron chi connectivity index (χ2n) is 7.44. The molecule has 1 aliphatic heterocycles. The molecule has 2 N–H and O–H groups in total. The summed E-state index contributed by atoms with van der Waals surface area (Å²) in [6.07, 6.45) is 4.90. The Labute approximate surface area is 189 Å². The van der Waals surface area contributed by atoms with Gasteiger partial charge in [-0.3, -0.25) is 14.0 Å². The monoisotopic (exact) mass is 452 g/mol. The third-order valence-corrected chi connectivity index (χ3v) is 5.94. The van der Waals surface area contributed by atoms with E-state index in [-0.39, 0.29) is 30.7 Å². The van der Waals surface area contributed by atoms with Crippen LogP contribution in [0, 0.1) is 0 Å². The lowest BCUT2D eigenvalue weighted by atomic mass is 10.1. The van der Waals surface area contributed by atoms with Crippen LogP contribution >= 0.6 is 11.8 Å². The highest BCUT2D eigenvalue weighted by Crippen LogP contribution is 2.22. The Morgan fingerprint density at radius 1 is 1.16 bits per heavy atom. The number of thioether (sulfide) groups is 1. The second-order valence-corrected chi connectivity index (χ2v) is 8.42. The molecule has 4 rings (SSSR count). The molecule has 9 nitrogen and oxygen atoms in total. The predicted octanol–water partition coefficient (Wildman–Crippen LogP) is 2.54. The van der Waals surface area contributed by atoms with Crippen molar-refractivity contribution in [1.82, 2.24) is 25.2 Å². The molecule has 1 saturated heterocycles. The number of carbonyl (C=O) groups excluding carboxylic acids is 3. The number of pyridine rings is 1. The van der Waals surface area contributed by atoms with Crippen LogP contribution in [0.2, 0.25) is 0 Å². The lowest BCUT2D eigenvalue weighted by Crippen LogP contribution is -2.34. The van der Waals surface area contributed by atoms with Crippen molar-refractivity contribution in [2.24, 2.45) is 0 Å². The third kappa shape index (κ3) is 4.59. The average molecular weight is 453 g/mol. The molecule has 1 aliphatic rings. The van der Waals surface area contributed by atoms with Crippen molar-refractivity contribution in [3.63, 3.8) is 0 Å². The minimum Gasteiger partial charge on any atom is -0.346 e. The van der Waals surface area contributed by atoms with Crippen LogP contribution in [-0.2, 0) is 9.59 Å². The Morgan fingerprint density at radius 2 is 1.94 bits per heavy atom. The number of aromatic nitrogens is 3. The number of anilines is 1. The van der Waals surface area contributed by atoms with E-state index in [4.69, 9.17) is 0 Å². The van der Waals surface area contributed by atoms with Crippen LogP contribution in [-0.4, -0.2) is 50.5 Å². The number of benzene rings is 1. The van der Waals surface area contributed by atoms with Gasteiger partial charge in [0.15, 0.2) is 11.5 Å². The number of para-hydroxylation sites is 1. The summed E-state index contributed by atoms with van der Waals surface area (Å²) in [7, 11) is 0. The summed E-state index contributed by atoms with van der Waals surface area (Å²) in [6, 6.07) is 12.9. The Hall–Kier alpha value is -3.40. The molecule has 2 aromatic heterocycles. The zero-order valence-electron chi connectivity index (χ0n) is 17.6. The average Bonchev–Trinajstić information content (AvgIpc) is 3.36. The number of hydrogen-bond donors (Lipinski definition) is 2. The van der Waals surface area contributed by atoms with Crippen LogP contribution in [0.3, 0.4) is 0 Å². The standard InChI is InChI=1S/C22H24N6O3S/c1-32-14-12-16(20-26-25-18-9-5-6-13-27(18)20)23-19(29)11-10-17-21(30)28(22(31)24-17)15-7-3-2-4-8-15/h2-9,13,16-17H,10-12,14H2,1H3,(H,23,29)(H,24,31)/t16-,17+/m1/s1. The maximum Gasteiger partial charge on any atom is 0.329 e. The molecule has 0 saturated carbocycles. The fourth-order valence-electron chi connectivity index (χ4n) is 3.69. The molecule has 3 aromatic rings. The van der Waals surface area contributed by atoms with Gasteiger partial charge in [-0.05, 0) is 49.1 Å². The highest BCUT2D eigenvalue weighted by Gasteiger charge is 2.39. The van der Waals surface area contributed by atoms with Crippen molar-refractivity contribution in [2.45, 2.75) is 31.3 Å². The minimum atomic E-state index is -0.730. The molecule has 1 aromatic carbocycles. The van der Waals surface area contributed by atoms with Crippen LogP contribution < -0.4 is 15.5 Å². The number of nitrogens with zero attached hydrogens (tertiary/aromatic N) is 4. The molecule has 0 radical (unpaired) electrons. The van der Waals surface area contributed by atoms with E-state index in [1.54, 1.807) is 36.0 Å². The zero-order valence-corrected chi connectivity index (χ0v) is 18.4. The first kappa shape index (κ1) is 21.8. The molecule has 10 heteroatoms. The summed E-state index contributed by atoms with van der Waals surface area (Å²) in [4.78, 5) is 38.9. The molecular weight excluding hydrogens is 428 g/mol. The van der Waals surface area contributed by atoms with Crippen molar-refractivity contribution >= 4 is 40.9 Å². The summed E-state index contributed by atoms with van der Waals surface area (Å²) < 4.78 is 1.86. The van der Waals surface area contributed by atoms with Gasteiger partial charge in [0.05, 0.1) is 11.7 Å². The van der Waals surface area contributed by atoms with Crippen molar-refractivity contribution in [2.75, 3.05) is 16.9 Å². The van der Waals surface area contributed by atoms with E-state index in [0.717, 1.165) is 10.7 Å². The minimum absolute atomic E-state index is 0.103. The van der Waals surface area contributed by atoms with E-state index in [1.807, 2.05) is 41.1 Å². The van der Waals surface area contributed by atoms with E-state index in [0.29, 0.717) is 23.6 Å². The maximum absolute atomic E-state index is 12.7. The normalized spacial score (nSPS) is 16.9. The second kappa shape index (κ2) is 9.82. The van der Waals surface area contributed by atoms with Crippen molar-refractivity contribution in [3.05, 3.63) is 60.6 Å². The van der Waals surface area contributed by atoms with Crippen LogP contribution in [0.15, 0.2) is 54.7 Å². The van der Waals surface area contributed by atoms with Gasteiger partial charge < -0.3 is 10.6 Å². The van der Waals surface area contributed by atoms with Crippen molar-refractivity contribution in [3.8, 4) is 0 Å². The predicted molar refractivity (Wildman–Crippen MR) is 122 cm³/mol. The SMILES string of the molecule is CSCC[C@@H](NC(=O)CC[C@@H]1NC(=O)N(c2ccccc2)C1=O)c1nnc2ccccn12. The fourth-order valence-corrected chi connectivity index (χ4v) is 4.16. The van der Waals surface area contributed by atoms with E-state index >= 15 is 0 Å². The molecule has 2 atom stereocenters. The number of carbonyl (C=O) groups is 3. The third-order valence-electron chi connectivity index (χ3n) is 5.29. The molecule has 0 bridgehead atoms.